The van der Waals surface area contributed by atoms with Crippen molar-refractivity contribution in [2.24, 2.45) is 0 Å². The van der Waals surface area contributed by atoms with Gasteiger partial charge in [0.05, 0.1) is 7.11 Å². The Morgan fingerprint density at radius 1 is 1.16 bits per heavy atom. The van der Waals surface area contributed by atoms with E-state index in [-0.39, 0.29) is 0 Å². The molecule has 100 valence electrons. The summed E-state index contributed by atoms with van der Waals surface area (Å²) in [6.07, 6.45) is 0. The van der Waals surface area contributed by atoms with Gasteiger partial charge < -0.3 is 9.47 Å². The maximum atomic E-state index is 5.95. The van der Waals surface area contributed by atoms with Crippen LogP contribution in [0.1, 0.15) is 11.1 Å². The van der Waals surface area contributed by atoms with Gasteiger partial charge in [-0.15, -0.1) is 0 Å². The fourth-order valence-electron chi connectivity index (χ4n) is 1.69. The first-order chi connectivity index (χ1) is 9.22. The van der Waals surface area contributed by atoms with Gasteiger partial charge in [0.15, 0.2) is 0 Å². The fourth-order valence-corrected chi connectivity index (χ4v) is 2.37. The SMILES string of the molecule is COc1ccc(CBr)c(OCc2cccc(Cl)c2)c1. The monoisotopic (exact) mass is 340 g/mol. The second-order valence-electron chi connectivity index (χ2n) is 4.03. The topological polar surface area (TPSA) is 18.5 Å². The van der Waals surface area contributed by atoms with Crippen LogP contribution in [0.5, 0.6) is 11.5 Å². The van der Waals surface area contributed by atoms with Gasteiger partial charge in [-0.25, -0.2) is 0 Å². The van der Waals surface area contributed by atoms with Crippen LogP contribution in [0, 0.1) is 0 Å². The number of hydrogen-bond donors (Lipinski definition) is 0. The molecule has 4 heteroatoms. The Morgan fingerprint density at radius 3 is 2.68 bits per heavy atom. The molecule has 0 saturated heterocycles. The van der Waals surface area contributed by atoms with Gasteiger partial charge in [-0.1, -0.05) is 45.7 Å². The Morgan fingerprint density at radius 2 is 2.00 bits per heavy atom. The van der Waals surface area contributed by atoms with Gasteiger partial charge >= 0.3 is 0 Å². The molecule has 0 radical (unpaired) electrons. The summed E-state index contributed by atoms with van der Waals surface area (Å²) < 4.78 is 11.1. The molecule has 0 atom stereocenters. The number of rotatable bonds is 5. The van der Waals surface area contributed by atoms with Crippen molar-refractivity contribution in [3.05, 3.63) is 58.6 Å². The molecule has 0 aliphatic heterocycles. The van der Waals surface area contributed by atoms with Crippen LogP contribution in [0.2, 0.25) is 5.02 Å². The highest BCUT2D eigenvalue weighted by atomic mass is 79.9. The molecule has 0 aliphatic carbocycles. The van der Waals surface area contributed by atoms with E-state index in [1.54, 1.807) is 7.11 Å². The van der Waals surface area contributed by atoms with Crippen LogP contribution >= 0.6 is 27.5 Å². The minimum atomic E-state index is 0.480. The fraction of sp³-hybridized carbons (Fsp3) is 0.200. The van der Waals surface area contributed by atoms with Crippen LogP contribution in [0.3, 0.4) is 0 Å². The Bertz CT molecular complexity index is 558. The minimum absolute atomic E-state index is 0.480. The molecule has 19 heavy (non-hydrogen) atoms. The maximum absolute atomic E-state index is 5.95. The summed E-state index contributed by atoms with van der Waals surface area (Å²) in [5.74, 6) is 1.60. The summed E-state index contributed by atoms with van der Waals surface area (Å²) in [6, 6.07) is 13.4. The molecule has 0 aliphatic rings. The number of halogens is 2. The van der Waals surface area contributed by atoms with E-state index in [2.05, 4.69) is 15.9 Å². The Hall–Kier alpha value is -1.19. The van der Waals surface area contributed by atoms with E-state index in [4.69, 9.17) is 21.1 Å². The molecule has 0 bridgehead atoms. The van der Waals surface area contributed by atoms with E-state index in [9.17, 15) is 0 Å². The first-order valence-corrected chi connectivity index (χ1v) is 7.33. The summed E-state index contributed by atoms with van der Waals surface area (Å²) in [6.45, 7) is 0.480. The number of hydrogen-bond acceptors (Lipinski definition) is 2. The van der Waals surface area contributed by atoms with Crippen LogP contribution in [0.25, 0.3) is 0 Å². The predicted octanol–water partition coefficient (Wildman–Crippen LogP) is 4.82. The second-order valence-corrected chi connectivity index (χ2v) is 5.02. The zero-order valence-corrected chi connectivity index (χ0v) is 12.9. The third kappa shape index (κ3) is 3.88. The van der Waals surface area contributed by atoms with Crippen molar-refractivity contribution < 1.29 is 9.47 Å². The molecule has 0 aromatic heterocycles. The number of benzene rings is 2. The van der Waals surface area contributed by atoms with E-state index in [0.29, 0.717) is 11.6 Å². The van der Waals surface area contributed by atoms with Crippen molar-refractivity contribution in [1.82, 2.24) is 0 Å². The van der Waals surface area contributed by atoms with E-state index in [1.807, 2.05) is 42.5 Å². The summed E-state index contributed by atoms with van der Waals surface area (Å²) >= 11 is 9.40. The van der Waals surface area contributed by atoms with E-state index < -0.39 is 0 Å². The normalized spacial score (nSPS) is 10.3. The zero-order valence-electron chi connectivity index (χ0n) is 10.5. The lowest BCUT2D eigenvalue weighted by Crippen LogP contribution is -1.98. The highest BCUT2D eigenvalue weighted by Gasteiger charge is 2.05. The maximum Gasteiger partial charge on any atom is 0.127 e. The van der Waals surface area contributed by atoms with Gasteiger partial charge in [0.2, 0.25) is 0 Å². The molecule has 0 saturated carbocycles. The smallest absolute Gasteiger partial charge is 0.127 e. The molecule has 0 N–H and O–H groups in total. The summed E-state index contributed by atoms with van der Waals surface area (Å²) in [4.78, 5) is 0. The van der Waals surface area contributed by atoms with E-state index >= 15 is 0 Å². The van der Waals surface area contributed by atoms with Gasteiger partial charge in [-0.2, -0.15) is 0 Å². The van der Waals surface area contributed by atoms with Crippen LogP contribution < -0.4 is 9.47 Å². The highest BCUT2D eigenvalue weighted by molar-refractivity contribution is 9.08. The minimum Gasteiger partial charge on any atom is -0.497 e. The lowest BCUT2D eigenvalue weighted by molar-refractivity contribution is 0.301. The molecule has 0 spiro atoms. The molecule has 2 aromatic rings. The van der Waals surface area contributed by atoms with Gasteiger partial charge in [0.25, 0.3) is 0 Å². The van der Waals surface area contributed by atoms with E-state index in [1.165, 1.54) is 0 Å². The van der Waals surface area contributed by atoms with Crippen molar-refractivity contribution in [1.29, 1.82) is 0 Å². The standard InChI is InChI=1S/C15H14BrClO2/c1-18-14-6-5-12(9-16)15(8-14)19-10-11-3-2-4-13(17)7-11/h2-8H,9-10H2,1H3. The van der Waals surface area contributed by atoms with E-state index in [0.717, 1.165) is 28.0 Å². The average molecular weight is 342 g/mol. The lowest BCUT2D eigenvalue weighted by atomic mass is 10.2. The van der Waals surface area contributed by atoms with Crippen LogP contribution in [-0.2, 0) is 11.9 Å². The molecule has 0 fully saturated rings. The molecule has 2 nitrogen and oxygen atoms in total. The highest BCUT2D eigenvalue weighted by Crippen LogP contribution is 2.27. The van der Waals surface area contributed by atoms with Crippen molar-refractivity contribution in [2.75, 3.05) is 7.11 Å². The quantitative estimate of drug-likeness (QED) is 0.726. The number of ether oxygens (including phenoxy) is 2. The molecule has 2 rings (SSSR count). The van der Waals surface area contributed by atoms with Crippen LogP contribution in [-0.4, -0.2) is 7.11 Å². The van der Waals surface area contributed by atoms with Crippen LogP contribution in [0.15, 0.2) is 42.5 Å². The van der Waals surface area contributed by atoms with Crippen molar-refractivity contribution in [3.63, 3.8) is 0 Å². The third-order valence-electron chi connectivity index (χ3n) is 2.70. The van der Waals surface area contributed by atoms with Gasteiger partial charge in [0, 0.05) is 22.0 Å². The number of alkyl halides is 1. The molecule has 0 unspecified atom stereocenters. The summed E-state index contributed by atoms with van der Waals surface area (Å²) in [5.41, 5.74) is 2.12. The van der Waals surface area contributed by atoms with Crippen molar-refractivity contribution in [3.8, 4) is 11.5 Å². The largest absolute Gasteiger partial charge is 0.497 e. The molecule has 2 aromatic carbocycles. The van der Waals surface area contributed by atoms with Crippen LogP contribution in [0.4, 0.5) is 0 Å². The third-order valence-corrected chi connectivity index (χ3v) is 3.54. The van der Waals surface area contributed by atoms with Crippen molar-refractivity contribution in [2.45, 2.75) is 11.9 Å². The molecular weight excluding hydrogens is 328 g/mol. The first-order valence-electron chi connectivity index (χ1n) is 5.83. The Kier molecular flexibility index (Phi) is 5.11. The average Bonchev–Trinajstić information content (AvgIpc) is 2.45. The predicted molar refractivity (Wildman–Crippen MR) is 81.4 cm³/mol. The second kappa shape index (κ2) is 6.83. The van der Waals surface area contributed by atoms with Gasteiger partial charge in [-0.05, 0) is 23.8 Å². The Balaban J connectivity index is 2.14. The molecule has 0 amide bonds. The molecular formula is C15H14BrClO2. The Labute approximate surface area is 126 Å². The van der Waals surface area contributed by atoms with Gasteiger partial charge in [-0.3, -0.25) is 0 Å². The number of methoxy groups -OCH3 is 1. The molecule has 0 heterocycles. The van der Waals surface area contributed by atoms with Gasteiger partial charge in [0.1, 0.15) is 18.1 Å². The zero-order chi connectivity index (χ0) is 13.7. The van der Waals surface area contributed by atoms with Crippen molar-refractivity contribution >= 4 is 27.5 Å². The lowest BCUT2D eigenvalue weighted by Gasteiger charge is -2.12. The summed E-state index contributed by atoms with van der Waals surface area (Å²) in [5, 5.41) is 1.45. The first kappa shape index (κ1) is 14.2. The summed E-state index contributed by atoms with van der Waals surface area (Å²) in [7, 11) is 1.64.